The summed E-state index contributed by atoms with van der Waals surface area (Å²) in [7, 11) is 3.02. The van der Waals surface area contributed by atoms with Gasteiger partial charge in [-0.25, -0.2) is 9.59 Å². The van der Waals surface area contributed by atoms with Crippen molar-refractivity contribution in [1.29, 1.82) is 0 Å². The zero-order valence-corrected chi connectivity index (χ0v) is 12.4. The van der Waals surface area contributed by atoms with E-state index in [1.54, 1.807) is 25.3 Å². The second-order valence-corrected chi connectivity index (χ2v) is 5.04. The summed E-state index contributed by atoms with van der Waals surface area (Å²) in [6.45, 7) is 4.79. The first-order valence-corrected chi connectivity index (χ1v) is 6.13. The molecule has 2 N–H and O–H groups in total. The molecule has 0 atom stereocenters. The smallest absolute Gasteiger partial charge is 0.329 e. The number of nitrogens with one attached hydrogen (secondary N) is 1. The molecule has 0 fully saturated rings. The number of aliphatic carboxylic acids is 1. The molecule has 0 saturated carbocycles. The Balaban J connectivity index is 2.86. The number of amides is 2. The van der Waals surface area contributed by atoms with Crippen molar-refractivity contribution in [1.82, 2.24) is 4.90 Å². The van der Waals surface area contributed by atoms with Crippen LogP contribution in [0.15, 0.2) is 18.2 Å². The quantitative estimate of drug-likeness (QED) is 0.887. The van der Waals surface area contributed by atoms with Gasteiger partial charge < -0.3 is 20.1 Å². The summed E-state index contributed by atoms with van der Waals surface area (Å²) in [6, 6.07) is 4.72. The summed E-state index contributed by atoms with van der Waals surface area (Å²) in [5.41, 5.74) is 0.179. The highest BCUT2D eigenvalue weighted by atomic mass is 16.5. The molecule has 0 aromatic heterocycles. The SMILES string of the molecule is COc1ccc(NC(=O)N(C)C(C)(C)C(=O)O)cc1C. The second kappa shape index (κ2) is 5.81. The number of hydrogen-bond donors (Lipinski definition) is 2. The van der Waals surface area contributed by atoms with Gasteiger partial charge in [-0.2, -0.15) is 0 Å². The van der Waals surface area contributed by atoms with E-state index in [1.807, 2.05) is 6.92 Å². The van der Waals surface area contributed by atoms with Crippen molar-refractivity contribution in [2.24, 2.45) is 0 Å². The van der Waals surface area contributed by atoms with Crippen molar-refractivity contribution in [3.63, 3.8) is 0 Å². The molecule has 20 heavy (non-hydrogen) atoms. The fourth-order valence-corrected chi connectivity index (χ4v) is 1.56. The molecule has 0 unspecified atom stereocenters. The molecule has 0 aliphatic heterocycles. The number of carbonyl (C=O) groups is 2. The Labute approximate surface area is 118 Å². The van der Waals surface area contributed by atoms with E-state index in [0.29, 0.717) is 5.69 Å². The van der Waals surface area contributed by atoms with Gasteiger partial charge in [-0.15, -0.1) is 0 Å². The van der Waals surface area contributed by atoms with E-state index in [4.69, 9.17) is 9.84 Å². The zero-order chi connectivity index (χ0) is 15.5. The lowest BCUT2D eigenvalue weighted by Crippen LogP contribution is -2.52. The fraction of sp³-hybridized carbons (Fsp3) is 0.429. The number of benzene rings is 1. The highest BCUT2D eigenvalue weighted by Crippen LogP contribution is 2.22. The minimum Gasteiger partial charge on any atom is -0.496 e. The van der Waals surface area contributed by atoms with Gasteiger partial charge in [-0.1, -0.05) is 0 Å². The number of hydrogen-bond acceptors (Lipinski definition) is 3. The van der Waals surface area contributed by atoms with Gasteiger partial charge in [0.1, 0.15) is 11.3 Å². The average Bonchev–Trinajstić information content (AvgIpc) is 2.37. The number of aryl methyl sites for hydroxylation is 1. The number of nitrogens with zero attached hydrogens (tertiary/aromatic N) is 1. The molecular formula is C14H20N2O4. The fourth-order valence-electron chi connectivity index (χ4n) is 1.56. The highest BCUT2D eigenvalue weighted by Gasteiger charge is 2.35. The number of ether oxygens (including phenoxy) is 1. The molecule has 1 aromatic carbocycles. The van der Waals surface area contributed by atoms with Crippen LogP contribution in [-0.2, 0) is 4.79 Å². The van der Waals surface area contributed by atoms with E-state index in [-0.39, 0.29) is 0 Å². The largest absolute Gasteiger partial charge is 0.496 e. The topological polar surface area (TPSA) is 78.9 Å². The predicted octanol–water partition coefficient (Wildman–Crippen LogP) is 2.33. The molecule has 0 spiro atoms. The summed E-state index contributed by atoms with van der Waals surface area (Å²) in [5.74, 6) is -0.344. The van der Waals surface area contributed by atoms with Gasteiger partial charge in [-0.05, 0) is 44.5 Å². The minimum absolute atomic E-state index is 0.484. The van der Waals surface area contributed by atoms with Gasteiger partial charge in [0.2, 0.25) is 0 Å². The lowest BCUT2D eigenvalue weighted by atomic mass is 10.1. The van der Waals surface area contributed by atoms with Gasteiger partial charge >= 0.3 is 12.0 Å². The number of methoxy groups -OCH3 is 1. The van der Waals surface area contributed by atoms with E-state index in [2.05, 4.69) is 5.32 Å². The first-order chi connectivity index (χ1) is 9.20. The van der Waals surface area contributed by atoms with E-state index < -0.39 is 17.5 Å². The van der Waals surface area contributed by atoms with Crippen LogP contribution in [0.1, 0.15) is 19.4 Å². The first kappa shape index (κ1) is 15.8. The lowest BCUT2D eigenvalue weighted by Gasteiger charge is -2.31. The molecule has 0 heterocycles. The summed E-state index contributed by atoms with van der Waals surface area (Å²) in [4.78, 5) is 24.3. The van der Waals surface area contributed by atoms with Gasteiger partial charge in [0.25, 0.3) is 0 Å². The van der Waals surface area contributed by atoms with Crippen molar-refractivity contribution in [2.45, 2.75) is 26.3 Å². The van der Waals surface area contributed by atoms with Crippen LogP contribution in [0, 0.1) is 6.92 Å². The third-order valence-corrected chi connectivity index (χ3v) is 3.31. The van der Waals surface area contributed by atoms with E-state index in [1.165, 1.54) is 20.9 Å². The summed E-state index contributed by atoms with van der Waals surface area (Å²) in [5, 5.41) is 11.8. The lowest BCUT2D eigenvalue weighted by molar-refractivity contribution is -0.146. The van der Waals surface area contributed by atoms with Gasteiger partial charge in [0.15, 0.2) is 0 Å². The van der Waals surface area contributed by atoms with E-state index in [9.17, 15) is 9.59 Å². The molecule has 0 aliphatic carbocycles. The molecule has 0 aliphatic rings. The Bertz CT molecular complexity index is 526. The predicted molar refractivity (Wildman–Crippen MR) is 76.2 cm³/mol. The summed E-state index contributed by atoms with van der Waals surface area (Å²) < 4.78 is 5.14. The van der Waals surface area contributed by atoms with Crippen LogP contribution in [0.5, 0.6) is 5.75 Å². The zero-order valence-electron chi connectivity index (χ0n) is 12.4. The molecule has 6 heteroatoms. The summed E-state index contributed by atoms with van der Waals surface area (Å²) in [6.07, 6.45) is 0. The Morgan fingerprint density at radius 1 is 1.35 bits per heavy atom. The highest BCUT2D eigenvalue weighted by molar-refractivity contribution is 5.93. The van der Waals surface area contributed by atoms with E-state index >= 15 is 0 Å². The van der Waals surface area contributed by atoms with Crippen LogP contribution >= 0.6 is 0 Å². The Morgan fingerprint density at radius 2 is 1.95 bits per heavy atom. The number of likely N-dealkylation sites (N-methyl/N-ethyl adjacent to an activating group) is 1. The first-order valence-electron chi connectivity index (χ1n) is 6.13. The molecule has 6 nitrogen and oxygen atoms in total. The molecular weight excluding hydrogens is 260 g/mol. The van der Waals surface area contributed by atoms with Crippen LogP contribution in [0.2, 0.25) is 0 Å². The van der Waals surface area contributed by atoms with Crippen molar-refractivity contribution in [2.75, 3.05) is 19.5 Å². The summed E-state index contributed by atoms with van der Waals surface area (Å²) >= 11 is 0. The van der Waals surface area contributed by atoms with Crippen molar-refractivity contribution in [3.05, 3.63) is 23.8 Å². The number of carboxylic acids is 1. The number of carbonyl (C=O) groups excluding carboxylic acids is 1. The second-order valence-electron chi connectivity index (χ2n) is 5.04. The number of urea groups is 1. The maximum Gasteiger partial charge on any atom is 0.329 e. The Morgan fingerprint density at radius 3 is 2.40 bits per heavy atom. The van der Waals surface area contributed by atoms with Crippen molar-refractivity contribution >= 4 is 17.7 Å². The number of anilines is 1. The van der Waals surface area contributed by atoms with E-state index in [0.717, 1.165) is 16.2 Å². The molecule has 1 aromatic rings. The van der Waals surface area contributed by atoms with Gasteiger partial charge in [0, 0.05) is 12.7 Å². The van der Waals surface area contributed by atoms with Crippen molar-refractivity contribution < 1.29 is 19.4 Å². The van der Waals surface area contributed by atoms with Crippen LogP contribution in [0.3, 0.4) is 0 Å². The van der Waals surface area contributed by atoms with Crippen molar-refractivity contribution in [3.8, 4) is 5.75 Å². The third-order valence-electron chi connectivity index (χ3n) is 3.31. The maximum absolute atomic E-state index is 12.0. The molecule has 0 bridgehead atoms. The molecule has 0 radical (unpaired) electrons. The van der Waals surface area contributed by atoms with Crippen LogP contribution in [0.25, 0.3) is 0 Å². The molecule has 1 rings (SSSR count). The number of carboxylic acid groups (broad SMARTS) is 1. The van der Waals surface area contributed by atoms with Gasteiger partial charge in [0.05, 0.1) is 7.11 Å². The van der Waals surface area contributed by atoms with Crippen LogP contribution < -0.4 is 10.1 Å². The Kier molecular flexibility index (Phi) is 4.60. The molecule has 0 saturated heterocycles. The van der Waals surface area contributed by atoms with Crippen LogP contribution in [0.4, 0.5) is 10.5 Å². The molecule has 2 amide bonds. The van der Waals surface area contributed by atoms with Gasteiger partial charge in [-0.3, -0.25) is 0 Å². The number of rotatable bonds is 4. The Hall–Kier alpha value is -2.24. The van der Waals surface area contributed by atoms with Crippen LogP contribution in [-0.4, -0.2) is 41.7 Å². The minimum atomic E-state index is -1.29. The maximum atomic E-state index is 12.0. The average molecular weight is 280 g/mol. The monoisotopic (exact) mass is 280 g/mol. The third kappa shape index (κ3) is 3.20. The standard InChI is InChI=1S/C14H20N2O4/c1-9-8-10(6-7-11(9)20-5)15-13(19)16(4)14(2,3)12(17)18/h6-8H,1-5H3,(H,15,19)(H,17,18). The molecule has 110 valence electrons. The normalized spacial score (nSPS) is 10.8.